The first kappa shape index (κ1) is 13.5. The van der Waals surface area contributed by atoms with E-state index in [-0.39, 0.29) is 11.2 Å². The molecule has 100 valence electrons. The Bertz CT molecular complexity index is 367. The molecule has 0 saturated carbocycles. The number of hydrogen-bond donors (Lipinski definition) is 1. The first-order valence-corrected chi connectivity index (χ1v) is 6.73. The van der Waals surface area contributed by atoms with Crippen LogP contribution in [-0.4, -0.2) is 37.6 Å². The largest absolute Gasteiger partial charge is 0.314 e. The Balaban J connectivity index is 1.91. The van der Waals surface area contributed by atoms with Crippen molar-refractivity contribution in [3.8, 4) is 0 Å². The maximum Gasteiger partial charge on any atom is 0.123 e. The van der Waals surface area contributed by atoms with Crippen LogP contribution in [-0.2, 0) is 6.42 Å². The lowest BCUT2D eigenvalue weighted by molar-refractivity contribution is 0.160. The summed E-state index contributed by atoms with van der Waals surface area (Å²) in [6, 6.07) is 6.90. The predicted octanol–water partition coefficient (Wildman–Crippen LogP) is 2.30. The third-order valence-electron chi connectivity index (χ3n) is 3.46. The molecule has 1 aliphatic rings. The van der Waals surface area contributed by atoms with Crippen LogP contribution in [0.4, 0.5) is 4.39 Å². The van der Waals surface area contributed by atoms with Gasteiger partial charge in [-0.2, -0.15) is 0 Å². The number of benzene rings is 1. The molecule has 2 nitrogen and oxygen atoms in total. The summed E-state index contributed by atoms with van der Waals surface area (Å²) in [4.78, 5) is 2.51. The molecule has 0 amide bonds. The minimum atomic E-state index is -0.154. The summed E-state index contributed by atoms with van der Waals surface area (Å²) in [6.45, 7) is 10.1. The lowest BCUT2D eigenvalue weighted by Crippen LogP contribution is -2.47. The van der Waals surface area contributed by atoms with Gasteiger partial charge in [-0.1, -0.05) is 26.0 Å². The first-order chi connectivity index (χ1) is 8.55. The summed E-state index contributed by atoms with van der Waals surface area (Å²) in [7, 11) is 0. The van der Waals surface area contributed by atoms with Crippen molar-refractivity contribution in [2.45, 2.75) is 20.3 Å². The summed E-state index contributed by atoms with van der Waals surface area (Å²) < 4.78 is 12.9. The van der Waals surface area contributed by atoms with Gasteiger partial charge in [-0.3, -0.25) is 0 Å². The zero-order chi connectivity index (χ0) is 13.0. The van der Waals surface area contributed by atoms with Crippen LogP contribution in [0.5, 0.6) is 0 Å². The fourth-order valence-electron chi connectivity index (χ4n) is 2.69. The van der Waals surface area contributed by atoms with Gasteiger partial charge < -0.3 is 10.2 Å². The van der Waals surface area contributed by atoms with Crippen molar-refractivity contribution in [1.29, 1.82) is 0 Å². The fraction of sp³-hybridized carbons (Fsp3) is 0.600. The van der Waals surface area contributed by atoms with Gasteiger partial charge in [-0.25, -0.2) is 4.39 Å². The molecule has 0 radical (unpaired) electrons. The van der Waals surface area contributed by atoms with Crippen molar-refractivity contribution in [3.05, 3.63) is 35.6 Å². The van der Waals surface area contributed by atoms with Gasteiger partial charge in [0, 0.05) is 32.7 Å². The molecule has 1 aromatic rings. The quantitative estimate of drug-likeness (QED) is 0.882. The molecule has 0 aliphatic carbocycles. The third-order valence-corrected chi connectivity index (χ3v) is 3.46. The van der Waals surface area contributed by atoms with Gasteiger partial charge in [-0.15, -0.1) is 0 Å². The summed E-state index contributed by atoms with van der Waals surface area (Å²) in [5.41, 5.74) is 1.45. The standard InChI is InChI=1S/C15H23FN2/c1-15(2,12-18-9-7-17-8-10-18)11-13-3-5-14(16)6-4-13/h3-6,17H,7-12H2,1-2H3. The molecule has 1 N–H and O–H groups in total. The minimum absolute atomic E-state index is 0.154. The van der Waals surface area contributed by atoms with Crippen molar-refractivity contribution in [2.75, 3.05) is 32.7 Å². The molecule has 3 heteroatoms. The molecule has 18 heavy (non-hydrogen) atoms. The topological polar surface area (TPSA) is 15.3 Å². The van der Waals surface area contributed by atoms with Crippen LogP contribution >= 0.6 is 0 Å². The normalized spacial score (nSPS) is 17.9. The number of piperazine rings is 1. The summed E-state index contributed by atoms with van der Waals surface area (Å²) >= 11 is 0. The van der Waals surface area contributed by atoms with Gasteiger partial charge in [-0.05, 0) is 29.5 Å². The highest BCUT2D eigenvalue weighted by atomic mass is 19.1. The SMILES string of the molecule is CC(C)(Cc1ccc(F)cc1)CN1CCNCC1. The second-order valence-electron chi connectivity index (χ2n) is 5.99. The first-order valence-electron chi connectivity index (χ1n) is 6.73. The predicted molar refractivity (Wildman–Crippen MR) is 73.2 cm³/mol. The van der Waals surface area contributed by atoms with Gasteiger partial charge >= 0.3 is 0 Å². The van der Waals surface area contributed by atoms with E-state index in [4.69, 9.17) is 0 Å². The van der Waals surface area contributed by atoms with Gasteiger partial charge in [0.1, 0.15) is 5.82 Å². The molecule has 1 aliphatic heterocycles. The highest BCUT2D eigenvalue weighted by Crippen LogP contribution is 2.23. The highest BCUT2D eigenvalue weighted by Gasteiger charge is 2.23. The smallest absolute Gasteiger partial charge is 0.123 e. The second-order valence-corrected chi connectivity index (χ2v) is 5.99. The average molecular weight is 250 g/mol. The zero-order valence-corrected chi connectivity index (χ0v) is 11.4. The summed E-state index contributed by atoms with van der Waals surface area (Å²) in [6.07, 6.45) is 0.997. The van der Waals surface area contributed by atoms with E-state index in [0.29, 0.717) is 0 Å². The number of halogens is 1. The Kier molecular flexibility index (Phi) is 4.36. The molecular weight excluding hydrogens is 227 g/mol. The molecule has 1 heterocycles. The Labute approximate surface area is 109 Å². The van der Waals surface area contributed by atoms with Crippen molar-refractivity contribution < 1.29 is 4.39 Å². The Hall–Kier alpha value is -0.930. The number of nitrogens with one attached hydrogen (secondary N) is 1. The molecule has 2 rings (SSSR count). The van der Waals surface area contributed by atoms with Crippen LogP contribution < -0.4 is 5.32 Å². The van der Waals surface area contributed by atoms with Crippen molar-refractivity contribution >= 4 is 0 Å². The molecule has 0 spiro atoms. The summed E-state index contributed by atoms with van der Waals surface area (Å²) in [5.74, 6) is -0.154. The molecule has 0 atom stereocenters. The molecule has 1 aromatic carbocycles. The molecule has 1 fully saturated rings. The van der Waals surface area contributed by atoms with Gasteiger partial charge in [0.25, 0.3) is 0 Å². The van der Waals surface area contributed by atoms with Crippen LogP contribution in [0.3, 0.4) is 0 Å². The Morgan fingerprint density at radius 3 is 2.39 bits per heavy atom. The van der Waals surface area contributed by atoms with Crippen LogP contribution in [0, 0.1) is 11.2 Å². The maximum atomic E-state index is 12.9. The highest BCUT2D eigenvalue weighted by molar-refractivity contribution is 5.17. The lowest BCUT2D eigenvalue weighted by atomic mass is 9.85. The number of rotatable bonds is 4. The zero-order valence-electron chi connectivity index (χ0n) is 11.4. The van der Waals surface area contributed by atoms with E-state index in [9.17, 15) is 4.39 Å². The second kappa shape index (κ2) is 5.81. The number of hydrogen-bond acceptors (Lipinski definition) is 2. The Morgan fingerprint density at radius 1 is 1.17 bits per heavy atom. The number of nitrogens with zero attached hydrogens (tertiary/aromatic N) is 1. The lowest BCUT2D eigenvalue weighted by Gasteiger charge is -2.35. The monoisotopic (exact) mass is 250 g/mol. The minimum Gasteiger partial charge on any atom is -0.314 e. The van der Waals surface area contributed by atoms with Crippen molar-refractivity contribution in [1.82, 2.24) is 10.2 Å². The van der Waals surface area contributed by atoms with E-state index in [1.54, 1.807) is 12.1 Å². The van der Waals surface area contributed by atoms with E-state index in [1.165, 1.54) is 5.56 Å². The maximum absolute atomic E-state index is 12.9. The van der Waals surface area contributed by atoms with Crippen molar-refractivity contribution in [3.63, 3.8) is 0 Å². The van der Waals surface area contributed by atoms with Gasteiger partial charge in [0.05, 0.1) is 0 Å². The van der Waals surface area contributed by atoms with E-state index in [2.05, 4.69) is 24.1 Å². The van der Waals surface area contributed by atoms with E-state index >= 15 is 0 Å². The molecule has 0 unspecified atom stereocenters. The van der Waals surface area contributed by atoms with E-state index in [0.717, 1.165) is 39.1 Å². The van der Waals surface area contributed by atoms with Crippen molar-refractivity contribution in [2.24, 2.45) is 5.41 Å². The van der Waals surface area contributed by atoms with Crippen LogP contribution in [0.2, 0.25) is 0 Å². The molecular formula is C15H23FN2. The summed E-state index contributed by atoms with van der Waals surface area (Å²) in [5, 5.41) is 3.37. The Morgan fingerprint density at radius 2 is 1.78 bits per heavy atom. The van der Waals surface area contributed by atoms with Crippen LogP contribution in [0.25, 0.3) is 0 Å². The van der Waals surface area contributed by atoms with Gasteiger partial charge in [0.15, 0.2) is 0 Å². The molecule has 1 saturated heterocycles. The van der Waals surface area contributed by atoms with Crippen LogP contribution in [0.15, 0.2) is 24.3 Å². The van der Waals surface area contributed by atoms with E-state index < -0.39 is 0 Å². The van der Waals surface area contributed by atoms with E-state index in [1.807, 2.05) is 12.1 Å². The molecule has 0 aromatic heterocycles. The van der Waals surface area contributed by atoms with Gasteiger partial charge in [0.2, 0.25) is 0 Å². The molecule has 0 bridgehead atoms. The van der Waals surface area contributed by atoms with Crippen LogP contribution in [0.1, 0.15) is 19.4 Å². The third kappa shape index (κ3) is 4.07. The fourth-order valence-corrected chi connectivity index (χ4v) is 2.69. The average Bonchev–Trinajstić information content (AvgIpc) is 2.32.